The zero-order valence-electron chi connectivity index (χ0n) is 9.71. The first kappa shape index (κ1) is 11.8. The van der Waals surface area contributed by atoms with Gasteiger partial charge in [-0.1, -0.05) is 36.4 Å². The number of benzene rings is 1. The van der Waals surface area contributed by atoms with E-state index in [0.717, 1.165) is 4.91 Å². The van der Waals surface area contributed by atoms with Crippen molar-refractivity contribution in [2.24, 2.45) is 0 Å². The summed E-state index contributed by atoms with van der Waals surface area (Å²) in [6.07, 6.45) is 2.39. The van der Waals surface area contributed by atoms with Crippen molar-refractivity contribution < 1.29 is 4.79 Å². The molecule has 90 valence electrons. The Morgan fingerprint density at radius 2 is 1.89 bits per heavy atom. The Hall–Kier alpha value is -1.32. The number of thioether (sulfide) groups is 1. The second-order valence-electron chi connectivity index (χ2n) is 4.17. The lowest BCUT2D eigenvalue weighted by atomic mass is 10.1. The molecule has 0 radical (unpaired) electrons. The molecule has 0 fully saturated rings. The Morgan fingerprint density at radius 3 is 2.61 bits per heavy atom. The second kappa shape index (κ2) is 5.12. The molecule has 2 aromatic rings. The molecule has 0 aliphatic carbocycles. The molecule has 1 aromatic carbocycles. The Kier molecular flexibility index (Phi) is 3.35. The number of hydrogen-bond acceptors (Lipinski definition) is 3. The molecule has 1 atom stereocenters. The fourth-order valence-corrected chi connectivity index (χ4v) is 4.17. The van der Waals surface area contributed by atoms with Crippen LogP contribution in [0.15, 0.2) is 53.9 Å². The van der Waals surface area contributed by atoms with Crippen molar-refractivity contribution in [1.29, 1.82) is 0 Å². The van der Waals surface area contributed by atoms with Crippen LogP contribution in [0, 0.1) is 0 Å². The molecule has 2 heterocycles. The molecule has 0 spiro atoms. The standard InChI is InChI=1S/C15H12OS2/c16-12-9-14(11-5-2-1-3-6-11)18-15(10-12)13-7-4-8-17-13/h1-8,10,14H,9H2. The summed E-state index contributed by atoms with van der Waals surface area (Å²) in [6.45, 7) is 0. The van der Waals surface area contributed by atoms with Crippen LogP contribution < -0.4 is 0 Å². The number of rotatable bonds is 2. The van der Waals surface area contributed by atoms with Gasteiger partial charge in [0.1, 0.15) is 0 Å². The van der Waals surface area contributed by atoms with E-state index in [4.69, 9.17) is 0 Å². The van der Waals surface area contributed by atoms with Gasteiger partial charge in [0, 0.05) is 21.5 Å². The van der Waals surface area contributed by atoms with E-state index in [9.17, 15) is 4.79 Å². The maximum Gasteiger partial charge on any atom is 0.158 e. The molecule has 1 unspecified atom stereocenters. The van der Waals surface area contributed by atoms with Crippen LogP contribution in [0.3, 0.4) is 0 Å². The summed E-state index contributed by atoms with van der Waals surface area (Å²) in [7, 11) is 0. The van der Waals surface area contributed by atoms with Gasteiger partial charge in [0.2, 0.25) is 0 Å². The third kappa shape index (κ3) is 2.42. The Balaban J connectivity index is 1.90. The molecule has 1 aliphatic rings. The summed E-state index contributed by atoms with van der Waals surface area (Å²) in [5.41, 5.74) is 1.23. The number of carbonyl (C=O) groups excluding carboxylic acids is 1. The van der Waals surface area contributed by atoms with Gasteiger partial charge in [0.15, 0.2) is 5.78 Å². The maximum absolute atomic E-state index is 11.9. The molecule has 0 N–H and O–H groups in total. The lowest BCUT2D eigenvalue weighted by Gasteiger charge is -2.21. The van der Waals surface area contributed by atoms with Gasteiger partial charge < -0.3 is 0 Å². The summed E-state index contributed by atoms with van der Waals surface area (Å²) < 4.78 is 0. The molecule has 3 heteroatoms. The van der Waals surface area contributed by atoms with Crippen molar-refractivity contribution in [3.8, 4) is 0 Å². The summed E-state index contributed by atoms with van der Waals surface area (Å²) in [5, 5.41) is 2.30. The fourth-order valence-electron chi connectivity index (χ4n) is 2.02. The zero-order valence-corrected chi connectivity index (χ0v) is 11.3. The van der Waals surface area contributed by atoms with E-state index in [-0.39, 0.29) is 11.0 Å². The molecular formula is C15H12OS2. The molecule has 1 nitrogen and oxygen atoms in total. The monoisotopic (exact) mass is 272 g/mol. The van der Waals surface area contributed by atoms with E-state index in [2.05, 4.69) is 18.2 Å². The van der Waals surface area contributed by atoms with Crippen molar-refractivity contribution >= 4 is 33.8 Å². The molecule has 18 heavy (non-hydrogen) atoms. The highest BCUT2D eigenvalue weighted by atomic mass is 32.2. The van der Waals surface area contributed by atoms with Gasteiger partial charge in [0.05, 0.1) is 0 Å². The third-order valence-electron chi connectivity index (χ3n) is 2.88. The molecule has 1 aliphatic heterocycles. The average molecular weight is 272 g/mol. The molecular weight excluding hydrogens is 260 g/mol. The first-order valence-electron chi connectivity index (χ1n) is 5.83. The van der Waals surface area contributed by atoms with Gasteiger partial charge in [0.25, 0.3) is 0 Å². The molecule has 0 saturated carbocycles. The molecule has 1 aromatic heterocycles. The fraction of sp³-hybridized carbons (Fsp3) is 0.133. The summed E-state index contributed by atoms with van der Waals surface area (Å²) in [4.78, 5) is 14.2. The minimum Gasteiger partial charge on any atom is -0.295 e. The van der Waals surface area contributed by atoms with Gasteiger partial charge in [-0.3, -0.25) is 4.79 Å². The van der Waals surface area contributed by atoms with Crippen LogP contribution in [0.2, 0.25) is 0 Å². The summed E-state index contributed by atoms with van der Waals surface area (Å²) >= 11 is 3.48. The van der Waals surface area contributed by atoms with Gasteiger partial charge in [-0.2, -0.15) is 0 Å². The number of hydrogen-bond donors (Lipinski definition) is 0. The Morgan fingerprint density at radius 1 is 1.06 bits per heavy atom. The largest absolute Gasteiger partial charge is 0.295 e. The number of thiophene rings is 1. The normalized spacial score (nSPS) is 19.7. The van der Waals surface area contributed by atoms with E-state index >= 15 is 0 Å². The zero-order chi connectivity index (χ0) is 12.4. The minimum absolute atomic E-state index is 0.228. The smallest absolute Gasteiger partial charge is 0.158 e. The van der Waals surface area contributed by atoms with Gasteiger partial charge in [-0.15, -0.1) is 23.1 Å². The first-order valence-corrected chi connectivity index (χ1v) is 7.59. The average Bonchev–Trinajstić information content (AvgIpc) is 2.93. The van der Waals surface area contributed by atoms with Crippen molar-refractivity contribution in [3.63, 3.8) is 0 Å². The lowest BCUT2D eigenvalue weighted by Crippen LogP contribution is -2.07. The van der Waals surface area contributed by atoms with Crippen LogP contribution in [0.25, 0.3) is 4.91 Å². The van der Waals surface area contributed by atoms with Crippen LogP contribution >= 0.6 is 23.1 Å². The van der Waals surface area contributed by atoms with E-state index in [1.54, 1.807) is 29.2 Å². The predicted octanol–water partition coefficient (Wildman–Crippen LogP) is 4.54. The third-order valence-corrected chi connectivity index (χ3v) is 5.23. The number of carbonyl (C=O) groups is 1. The van der Waals surface area contributed by atoms with Gasteiger partial charge in [-0.05, 0) is 23.1 Å². The quantitative estimate of drug-likeness (QED) is 0.798. The Labute approximate surface area is 115 Å². The van der Waals surface area contributed by atoms with Gasteiger partial charge >= 0.3 is 0 Å². The SMILES string of the molecule is O=C1C=C(c2cccs2)SC(c2ccccc2)C1. The predicted molar refractivity (Wildman–Crippen MR) is 78.7 cm³/mol. The second-order valence-corrected chi connectivity index (χ2v) is 6.37. The van der Waals surface area contributed by atoms with Crippen LogP contribution in [0.1, 0.15) is 22.1 Å². The van der Waals surface area contributed by atoms with Crippen LogP contribution in [0.5, 0.6) is 0 Å². The van der Waals surface area contributed by atoms with Crippen molar-refractivity contribution in [3.05, 3.63) is 64.4 Å². The molecule has 0 bridgehead atoms. The van der Waals surface area contributed by atoms with Crippen LogP contribution in [0.4, 0.5) is 0 Å². The van der Waals surface area contributed by atoms with Crippen molar-refractivity contribution in [1.82, 2.24) is 0 Å². The highest BCUT2D eigenvalue weighted by Gasteiger charge is 2.23. The highest BCUT2D eigenvalue weighted by molar-refractivity contribution is 8.08. The summed E-state index contributed by atoms with van der Waals surface area (Å²) in [5.74, 6) is 0.228. The van der Waals surface area contributed by atoms with Crippen molar-refractivity contribution in [2.75, 3.05) is 0 Å². The topological polar surface area (TPSA) is 17.1 Å². The molecule has 0 saturated heterocycles. The minimum atomic E-state index is 0.228. The van der Waals surface area contributed by atoms with Crippen LogP contribution in [-0.2, 0) is 4.79 Å². The van der Waals surface area contributed by atoms with Gasteiger partial charge in [-0.25, -0.2) is 0 Å². The number of allylic oxidation sites excluding steroid dienone is 1. The van der Waals surface area contributed by atoms with E-state index < -0.39 is 0 Å². The van der Waals surface area contributed by atoms with Crippen molar-refractivity contribution in [2.45, 2.75) is 11.7 Å². The van der Waals surface area contributed by atoms with E-state index in [1.165, 1.54) is 10.4 Å². The maximum atomic E-state index is 11.9. The van der Waals surface area contributed by atoms with E-state index in [1.807, 2.05) is 29.6 Å². The molecule has 3 rings (SSSR count). The van der Waals surface area contributed by atoms with E-state index in [0.29, 0.717) is 6.42 Å². The van der Waals surface area contributed by atoms with Crippen LogP contribution in [-0.4, -0.2) is 5.78 Å². The number of ketones is 1. The lowest BCUT2D eigenvalue weighted by molar-refractivity contribution is -0.114. The Bertz CT molecular complexity index is 570. The highest BCUT2D eigenvalue weighted by Crippen LogP contribution is 2.46. The summed E-state index contributed by atoms with van der Waals surface area (Å²) in [6, 6.07) is 14.4. The molecule has 0 amide bonds. The first-order chi connectivity index (χ1) is 8.83.